The second kappa shape index (κ2) is 7.17. The summed E-state index contributed by atoms with van der Waals surface area (Å²) in [6.07, 6.45) is 1.36. The van der Waals surface area contributed by atoms with Crippen molar-refractivity contribution in [1.82, 2.24) is 4.90 Å². The van der Waals surface area contributed by atoms with E-state index in [1.54, 1.807) is 16.7 Å². The van der Waals surface area contributed by atoms with Crippen molar-refractivity contribution in [2.45, 2.75) is 24.7 Å². The van der Waals surface area contributed by atoms with Crippen LogP contribution in [-0.4, -0.2) is 40.9 Å². The summed E-state index contributed by atoms with van der Waals surface area (Å²) in [6.45, 7) is 1.26. The summed E-state index contributed by atoms with van der Waals surface area (Å²) in [7, 11) is 0. The second-order valence-corrected chi connectivity index (χ2v) is 6.18. The lowest BCUT2D eigenvalue weighted by atomic mass is 10.1. The number of aliphatic hydroxyl groups is 1. The van der Waals surface area contributed by atoms with Gasteiger partial charge in [-0.3, -0.25) is 4.79 Å². The highest BCUT2D eigenvalue weighted by Crippen LogP contribution is 2.17. The van der Waals surface area contributed by atoms with Gasteiger partial charge in [0.05, 0.1) is 11.9 Å². The van der Waals surface area contributed by atoms with Crippen LogP contribution in [0.25, 0.3) is 0 Å². The first-order valence-electron chi connectivity index (χ1n) is 6.43. The third-order valence-electron chi connectivity index (χ3n) is 3.16. The van der Waals surface area contributed by atoms with E-state index in [0.717, 1.165) is 30.2 Å². The minimum absolute atomic E-state index is 0.123. The monoisotopic (exact) mass is 299 g/mol. The zero-order chi connectivity index (χ0) is 13.7. The largest absolute Gasteiger partial charge is 0.391 e. The predicted octanol–water partition coefficient (Wildman–Crippen LogP) is 2.56. The third kappa shape index (κ3) is 4.71. The highest BCUT2D eigenvalue weighted by molar-refractivity contribution is 7.99. The molecule has 1 atom stereocenters. The van der Waals surface area contributed by atoms with Gasteiger partial charge in [0.15, 0.2) is 0 Å². The Bertz CT molecular complexity index is 424. The fourth-order valence-electron chi connectivity index (χ4n) is 2.11. The number of carbonyl (C=O) groups excluding carboxylic acids is 1. The average Bonchev–Trinajstić information content (AvgIpc) is 2.41. The Balaban J connectivity index is 1.73. The van der Waals surface area contributed by atoms with Crippen molar-refractivity contribution in [3.05, 3.63) is 34.9 Å². The minimum Gasteiger partial charge on any atom is -0.391 e. The van der Waals surface area contributed by atoms with Crippen molar-refractivity contribution in [2.24, 2.45) is 0 Å². The molecule has 0 aromatic heterocycles. The molecule has 1 N–H and O–H groups in total. The number of rotatable bonds is 4. The van der Waals surface area contributed by atoms with Gasteiger partial charge in [-0.1, -0.05) is 23.7 Å². The molecule has 0 aliphatic carbocycles. The molecule has 1 aromatic carbocycles. The molecule has 0 bridgehead atoms. The summed E-state index contributed by atoms with van der Waals surface area (Å²) in [5.74, 6) is 1.40. The fourth-order valence-corrected chi connectivity index (χ4v) is 3.12. The molecule has 3 nitrogen and oxygen atoms in total. The number of hydrogen-bond donors (Lipinski definition) is 1. The number of aliphatic hydroxyl groups excluding tert-OH is 1. The normalized spacial score (nSPS) is 19.5. The van der Waals surface area contributed by atoms with Gasteiger partial charge in [-0.25, -0.2) is 0 Å². The predicted molar refractivity (Wildman–Crippen MR) is 79.4 cm³/mol. The SMILES string of the molecule is O=C(CSCc1ccc(Cl)cc1)N1CCCC(O)C1. The van der Waals surface area contributed by atoms with E-state index in [0.29, 0.717) is 12.3 Å². The fraction of sp³-hybridized carbons (Fsp3) is 0.500. The maximum atomic E-state index is 12.0. The maximum absolute atomic E-state index is 12.0. The zero-order valence-electron chi connectivity index (χ0n) is 10.7. The van der Waals surface area contributed by atoms with Crippen LogP contribution < -0.4 is 0 Å². The minimum atomic E-state index is -0.348. The molecule has 1 fully saturated rings. The Kier molecular flexibility index (Phi) is 5.55. The van der Waals surface area contributed by atoms with Crippen molar-refractivity contribution >= 4 is 29.3 Å². The molecule has 0 saturated carbocycles. The molecule has 1 unspecified atom stereocenters. The highest BCUT2D eigenvalue weighted by atomic mass is 35.5. The van der Waals surface area contributed by atoms with Gasteiger partial charge in [0.2, 0.25) is 5.91 Å². The number of amides is 1. The van der Waals surface area contributed by atoms with Crippen LogP contribution in [0.2, 0.25) is 5.02 Å². The molecule has 2 rings (SSSR count). The number of halogens is 1. The van der Waals surface area contributed by atoms with Gasteiger partial charge in [0, 0.05) is 23.9 Å². The first-order chi connectivity index (χ1) is 9.15. The lowest BCUT2D eigenvalue weighted by Gasteiger charge is -2.30. The van der Waals surface area contributed by atoms with E-state index < -0.39 is 0 Å². The van der Waals surface area contributed by atoms with Crippen molar-refractivity contribution < 1.29 is 9.90 Å². The Morgan fingerprint density at radius 3 is 2.84 bits per heavy atom. The Labute approximate surface area is 122 Å². The Morgan fingerprint density at radius 2 is 2.16 bits per heavy atom. The van der Waals surface area contributed by atoms with E-state index in [2.05, 4.69) is 0 Å². The number of piperidine rings is 1. The number of nitrogens with zero attached hydrogens (tertiary/aromatic N) is 1. The van der Waals surface area contributed by atoms with Crippen molar-refractivity contribution in [3.63, 3.8) is 0 Å². The number of β-amino-alcohol motifs (C(OH)–C–C–N with tert-alkyl or cyclic N) is 1. The molecular formula is C14H18ClNO2S. The van der Waals surface area contributed by atoms with Crippen molar-refractivity contribution in [1.29, 1.82) is 0 Å². The van der Waals surface area contributed by atoms with Gasteiger partial charge in [-0.2, -0.15) is 0 Å². The summed E-state index contributed by atoms with van der Waals surface area (Å²) < 4.78 is 0. The number of likely N-dealkylation sites (tertiary alicyclic amines) is 1. The average molecular weight is 300 g/mol. The molecule has 19 heavy (non-hydrogen) atoms. The van der Waals surface area contributed by atoms with Gasteiger partial charge in [-0.05, 0) is 30.5 Å². The van der Waals surface area contributed by atoms with E-state index in [9.17, 15) is 9.90 Å². The van der Waals surface area contributed by atoms with Crippen LogP contribution >= 0.6 is 23.4 Å². The first kappa shape index (κ1) is 14.7. The van der Waals surface area contributed by atoms with E-state index in [4.69, 9.17) is 11.6 Å². The van der Waals surface area contributed by atoms with Crippen molar-refractivity contribution in [2.75, 3.05) is 18.8 Å². The van der Waals surface area contributed by atoms with Gasteiger partial charge < -0.3 is 10.0 Å². The zero-order valence-corrected chi connectivity index (χ0v) is 12.3. The molecule has 0 spiro atoms. The molecule has 104 valence electrons. The number of carbonyl (C=O) groups is 1. The molecule has 1 aliphatic heterocycles. The molecule has 1 heterocycles. The van der Waals surface area contributed by atoms with Crippen LogP contribution in [0, 0.1) is 0 Å². The van der Waals surface area contributed by atoms with Gasteiger partial charge >= 0.3 is 0 Å². The molecule has 1 saturated heterocycles. The lowest BCUT2D eigenvalue weighted by molar-refractivity contribution is -0.131. The van der Waals surface area contributed by atoms with E-state index in [1.807, 2.05) is 24.3 Å². The highest BCUT2D eigenvalue weighted by Gasteiger charge is 2.21. The standard InChI is InChI=1S/C14H18ClNO2S/c15-12-5-3-11(4-6-12)9-19-10-14(18)16-7-1-2-13(17)8-16/h3-6,13,17H,1-2,7-10H2. The molecule has 1 amide bonds. The topological polar surface area (TPSA) is 40.5 Å². The quantitative estimate of drug-likeness (QED) is 0.929. The summed E-state index contributed by atoms with van der Waals surface area (Å²) >= 11 is 7.42. The smallest absolute Gasteiger partial charge is 0.232 e. The van der Waals surface area contributed by atoms with Crippen LogP contribution in [0.15, 0.2) is 24.3 Å². The molecule has 5 heteroatoms. The maximum Gasteiger partial charge on any atom is 0.232 e. The lowest BCUT2D eigenvalue weighted by Crippen LogP contribution is -2.43. The van der Waals surface area contributed by atoms with Gasteiger partial charge in [0.25, 0.3) is 0 Å². The van der Waals surface area contributed by atoms with Crippen LogP contribution in [0.1, 0.15) is 18.4 Å². The van der Waals surface area contributed by atoms with Crippen LogP contribution in [0.4, 0.5) is 0 Å². The number of hydrogen-bond acceptors (Lipinski definition) is 3. The van der Waals surface area contributed by atoms with E-state index in [1.165, 1.54) is 5.56 Å². The second-order valence-electron chi connectivity index (χ2n) is 4.76. The summed E-state index contributed by atoms with van der Waals surface area (Å²) in [5, 5.41) is 10.3. The van der Waals surface area contributed by atoms with Crippen LogP contribution in [0.3, 0.4) is 0 Å². The van der Waals surface area contributed by atoms with Crippen LogP contribution in [-0.2, 0) is 10.5 Å². The molecule has 0 radical (unpaired) electrons. The number of benzene rings is 1. The van der Waals surface area contributed by atoms with E-state index >= 15 is 0 Å². The third-order valence-corrected chi connectivity index (χ3v) is 4.40. The van der Waals surface area contributed by atoms with Gasteiger partial charge in [-0.15, -0.1) is 11.8 Å². The van der Waals surface area contributed by atoms with Crippen LogP contribution in [0.5, 0.6) is 0 Å². The summed E-state index contributed by atoms with van der Waals surface area (Å²) in [6, 6.07) is 7.68. The summed E-state index contributed by atoms with van der Waals surface area (Å²) in [4.78, 5) is 13.7. The molecule has 1 aliphatic rings. The van der Waals surface area contributed by atoms with Crippen molar-refractivity contribution in [3.8, 4) is 0 Å². The number of thioether (sulfide) groups is 1. The first-order valence-corrected chi connectivity index (χ1v) is 7.96. The Hall–Kier alpha value is -0.710. The summed E-state index contributed by atoms with van der Waals surface area (Å²) in [5.41, 5.74) is 1.17. The molecular weight excluding hydrogens is 282 g/mol. The van der Waals surface area contributed by atoms with Gasteiger partial charge in [0.1, 0.15) is 0 Å². The van der Waals surface area contributed by atoms with E-state index in [-0.39, 0.29) is 12.0 Å². The Morgan fingerprint density at radius 1 is 1.42 bits per heavy atom. The molecule has 1 aromatic rings.